The van der Waals surface area contributed by atoms with Crippen molar-refractivity contribution < 1.29 is 14.3 Å². The Balaban J connectivity index is 1.94. The normalized spacial score (nSPS) is 10.3. The molecule has 0 atom stereocenters. The summed E-state index contributed by atoms with van der Waals surface area (Å²) >= 11 is 1.41. The third kappa shape index (κ3) is 3.80. The minimum absolute atomic E-state index is 0.0801. The Morgan fingerprint density at radius 2 is 1.92 bits per heavy atom. The Labute approximate surface area is 150 Å². The highest BCUT2D eigenvalue weighted by molar-refractivity contribution is 7.12. The van der Waals surface area contributed by atoms with Gasteiger partial charge in [-0.3, -0.25) is 9.69 Å². The van der Waals surface area contributed by atoms with Crippen LogP contribution < -0.4 is 14.4 Å². The number of anilines is 1. The average Bonchev–Trinajstić information content (AvgIpc) is 3.21. The van der Waals surface area contributed by atoms with Gasteiger partial charge >= 0.3 is 0 Å². The molecule has 0 saturated carbocycles. The van der Waals surface area contributed by atoms with Crippen molar-refractivity contribution in [2.24, 2.45) is 0 Å². The van der Waals surface area contributed by atoms with Crippen molar-refractivity contribution in [1.29, 1.82) is 0 Å². The van der Waals surface area contributed by atoms with Crippen LogP contribution in [0.1, 0.15) is 15.2 Å². The molecule has 0 aliphatic rings. The first-order valence-electron chi connectivity index (χ1n) is 7.70. The Hall–Kier alpha value is -2.86. The number of carbonyl (C=O) groups is 1. The Morgan fingerprint density at radius 3 is 2.56 bits per heavy atom. The van der Waals surface area contributed by atoms with Crippen LogP contribution in [0.15, 0.2) is 60.1 Å². The van der Waals surface area contributed by atoms with Gasteiger partial charge in [0.1, 0.15) is 5.82 Å². The van der Waals surface area contributed by atoms with Crippen LogP contribution >= 0.6 is 11.3 Å². The summed E-state index contributed by atoms with van der Waals surface area (Å²) in [5.74, 6) is 1.81. The van der Waals surface area contributed by atoms with Gasteiger partial charge in [-0.15, -0.1) is 11.3 Å². The van der Waals surface area contributed by atoms with Gasteiger partial charge in [0.15, 0.2) is 11.5 Å². The number of pyridine rings is 1. The molecule has 0 aliphatic heterocycles. The van der Waals surface area contributed by atoms with Crippen LogP contribution in [0.4, 0.5) is 5.82 Å². The van der Waals surface area contributed by atoms with E-state index in [1.54, 1.807) is 25.3 Å². The number of carbonyl (C=O) groups excluding carboxylic acids is 1. The van der Waals surface area contributed by atoms with E-state index in [9.17, 15) is 4.79 Å². The quantitative estimate of drug-likeness (QED) is 0.671. The molecule has 1 aromatic carbocycles. The van der Waals surface area contributed by atoms with Crippen LogP contribution in [0.2, 0.25) is 0 Å². The van der Waals surface area contributed by atoms with E-state index in [1.165, 1.54) is 11.3 Å². The third-order valence-corrected chi connectivity index (χ3v) is 4.55. The van der Waals surface area contributed by atoms with E-state index >= 15 is 0 Å². The van der Waals surface area contributed by atoms with Gasteiger partial charge in [0, 0.05) is 6.20 Å². The number of hydrogen-bond acceptors (Lipinski definition) is 5. The van der Waals surface area contributed by atoms with Crippen molar-refractivity contribution >= 4 is 23.1 Å². The predicted molar refractivity (Wildman–Crippen MR) is 98.6 cm³/mol. The first-order chi connectivity index (χ1) is 12.2. The summed E-state index contributed by atoms with van der Waals surface area (Å²) in [5, 5.41) is 1.89. The number of hydrogen-bond donors (Lipinski definition) is 0. The Bertz CT molecular complexity index is 835. The summed E-state index contributed by atoms with van der Waals surface area (Å²) in [7, 11) is 3.19. The Kier molecular flexibility index (Phi) is 5.30. The van der Waals surface area contributed by atoms with Gasteiger partial charge in [-0.2, -0.15) is 0 Å². The van der Waals surface area contributed by atoms with Gasteiger partial charge in [-0.25, -0.2) is 4.98 Å². The molecular weight excluding hydrogens is 336 g/mol. The number of ether oxygens (including phenoxy) is 2. The van der Waals surface area contributed by atoms with Gasteiger partial charge in [-0.05, 0) is 41.3 Å². The minimum atomic E-state index is -0.0801. The molecule has 0 radical (unpaired) electrons. The molecule has 2 heterocycles. The molecule has 6 heteroatoms. The molecule has 128 valence electrons. The minimum Gasteiger partial charge on any atom is -0.493 e. The fourth-order valence-electron chi connectivity index (χ4n) is 2.47. The standard InChI is InChI=1S/C19H18N2O3S/c1-23-15-9-8-14(12-16(15)24-2)13-21(18-7-3-4-10-20-18)19(22)17-6-5-11-25-17/h3-12H,13H2,1-2H3. The van der Waals surface area contributed by atoms with Gasteiger partial charge in [0.25, 0.3) is 5.91 Å². The lowest BCUT2D eigenvalue weighted by molar-refractivity contribution is 0.0988. The van der Waals surface area contributed by atoms with E-state index in [0.717, 1.165) is 5.56 Å². The Morgan fingerprint density at radius 1 is 1.08 bits per heavy atom. The van der Waals surface area contributed by atoms with Crippen molar-refractivity contribution in [2.75, 3.05) is 19.1 Å². The van der Waals surface area contributed by atoms with Crippen LogP contribution in [-0.4, -0.2) is 25.1 Å². The fraction of sp³-hybridized carbons (Fsp3) is 0.158. The van der Waals surface area contributed by atoms with Gasteiger partial charge < -0.3 is 9.47 Å². The summed E-state index contributed by atoms with van der Waals surface area (Å²) in [6, 6.07) is 14.8. The van der Waals surface area contributed by atoms with Crippen molar-refractivity contribution in [2.45, 2.75) is 6.54 Å². The SMILES string of the molecule is COc1ccc(CN(C(=O)c2cccs2)c2ccccn2)cc1OC. The summed E-state index contributed by atoms with van der Waals surface area (Å²) in [5.41, 5.74) is 0.924. The largest absolute Gasteiger partial charge is 0.493 e. The van der Waals surface area contributed by atoms with Crippen LogP contribution in [0.3, 0.4) is 0 Å². The second-order valence-corrected chi connectivity index (χ2v) is 6.19. The first-order valence-corrected chi connectivity index (χ1v) is 8.58. The van der Waals surface area contributed by atoms with E-state index in [2.05, 4.69) is 4.98 Å². The molecule has 3 aromatic rings. The molecule has 5 nitrogen and oxygen atoms in total. The molecule has 0 saturated heterocycles. The monoisotopic (exact) mass is 354 g/mol. The first kappa shape index (κ1) is 17.0. The maximum Gasteiger partial charge on any atom is 0.269 e. The maximum atomic E-state index is 12.9. The number of nitrogens with zero attached hydrogens (tertiary/aromatic N) is 2. The molecule has 25 heavy (non-hydrogen) atoms. The van der Waals surface area contributed by atoms with E-state index in [1.807, 2.05) is 53.9 Å². The second-order valence-electron chi connectivity index (χ2n) is 5.25. The predicted octanol–water partition coefficient (Wildman–Crippen LogP) is 4.01. The lowest BCUT2D eigenvalue weighted by Gasteiger charge is -2.22. The number of thiophene rings is 1. The van der Waals surface area contributed by atoms with Crippen LogP contribution in [-0.2, 0) is 6.54 Å². The molecule has 3 rings (SSSR count). The molecular formula is C19H18N2O3S. The van der Waals surface area contributed by atoms with Gasteiger partial charge in [0.05, 0.1) is 25.6 Å². The zero-order valence-corrected chi connectivity index (χ0v) is 14.8. The van der Waals surface area contributed by atoms with Crippen molar-refractivity contribution in [3.63, 3.8) is 0 Å². The van der Waals surface area contributed by atoms with Crippen molar-refractivity contribution in [1.82, 2.24) is 4.98 Å². The smallest absolute Gasteiger partial charge is 0.269 e. The number of benzene rings is 1. The summed E-state index contributed by atoms with van der Waals surface area (Å²) in [6.45, 7) is 0.383. The molecule has 2 aromatic heterocycles. The fourth-order valence-corrected chi connectivity index (χ4v) is 3.14. The van der Waals surface area contributed by atoms with Gasteiger partial charge in [-0.1, -0.05) is 18.2 Å². The molecule has 0 bridgehead atoms. The second kappa shape index (κ2) is 7.81. The lowest BCUT2D eigenvalue weighted by Crippen LogP contribution is -2.30. The highest BCUT2D eigenvalue weighted by Crippen LogP contribution is 2.29. The number of amides is 1. The topological polar surface area (TPSA) is 51.7 Å². The van der Waals surface area contributed by atoms with Crippen molar-refractivity contribution in [3.8, 4) is 11.5 Å². The summed E-state index contributed by atoms with van der Waals surface area (Å²) in [4.78, 5) is 19.6. The van der Waals surface area contributed by atoms with E-state index in [-0.39, 0.29) is 5.91 Å². The summed E-state index contributed by atoms with van der Waals surface area (Å²) in [6.07, 6.45) is 1.68. The number of aromatic nitrogens is 1. The number of rotatable bonds is 6. The molecule has 1 amide bonds. The number of methoxy groups -OCH3 is 2. The van der Waals surface area contributed by atoms with Crippen LogP contribution in [0, 0.1) is 0 Å². The highest BCUT2D eigenvalue weighted by atomic mass is 32.1. The molecule has 0 spiro atoms. The van der Waals surface area contributed by atoms with Crippen LogP contribution in [0.25, 0.3) is 0 Å². The highest BCUT2D eigenvalue weighted by Gasteiger charge is 2.20. The molecule has 0 fully saturated rings. The van der Waals surface area contributed by atoms with E-state index < -0.39 is 0 Å². The van der Waals surface area contributed by atoms with Gasteiger partial charge in [0.2, 0.25) is 0 Å². The van der Waals surface area contributed by atoms with E-state index in [0.29, 0.717) is 28.7 Å². The molecule has 0 N–H and O–H groups in total. The van der Waals surface area contributed by atoms with E-state index in [4.69, 9.17) is 9.47 Å². The summed E-state index contributed by atoms with van der Waals surface area (Å²) < 4.78 is 10.6. The molecule has 0 aliphatic carbocycles. The third-order valence-electron chi connectivity index (χ3n) is 3.69. The lowest BCUT2D eigenvalue weighted by atomic mass is 10.1. The maximum absolute atomic E-state index is 12.9. The zero-order valence-electron chi connectivity index (χ0n) is 14.0. The average molecular weight is 354 g/mol. The van der Waals surface area contributed by atoms with Crippen molar-refractivity contribution in [3.05, 3.63) is 70.5 Å². The zero-order chi connectivity index (χ0) is 17.6. The molecule has 0 unspecified atom stereocenters. The van der Waals surface area contributed by atoms with Crippen LogP contribution in [0.5, 0.6) is 11.5 Å².